The van der Waals surface area contributed by atoms with Crippen LogP contribution in [0.5, 0.6) is 0 Å². The maximum atomic E-state index is 10.0. The molecule has 2 N–H and O–H groups in total. The van der Waals surface area contributed by atoms with E-state index in [1.807, 2.05) is 35.3 Å². The van der Waals surface area contributed by atoms with Crippen molar-refractivity contribution in [3.05, 3.63) is 67.3 Å². The van der Waals surface area contributed by atoms with Gasteiger partial charge in [0.05, 0.1) is 37.7 Å². The topological polar surface area (TPSA) is 114 Å². The number of anilines is 3. The van der Waals surface area contributed by atoms with Gasteiger partial charge in [0.25, 0.3) is 0 Å². The molecule has 11 heteroatoms. The van der Waals surface area contributed by atoms with Crippen LogP contribution in [0.25, 0.3) is 22.5 Å². The molecular formula is C29H34N8O3. The number of aromatic nitrogens is 5. The molecule has 2 aliphatic heterocycles. The molecule has 6 rings (SSSR count). The number of hydrogen-bond acceptors (Lipinski definition) is 10. The maximum Gasteiger partial charge on any atom is 0.227 e. The van der Waals surface area contributed by atoms with E-state index in [2.05, 4.69) is 49.4 Å². The average molecular weight is 543 g/mol. The molecule has 208 valence electrons. The Bertz CT molecular complexity index is 1390. The maximum absolute atomic E-state index is 10.0. The normalized spacial score (nSPS) is 17.0. The molecule has 4 aromatic rings. The third kappa shape index (κ3) is 5.97. The summed E-state index contributed by atoms with van der Waals surface area (Å²) in [5.74, 6) is 0.519. The van der Waals surface area contributed by atoms with E-state index in [-0.39, 0.29) is 6.04 Å². The van der Waals surface area contributed by atoms with E-state index in [1.54, 1.807) is 19.5 Å². The monoisotopic (exact) mass is 542 g/mol. The molecule has 1 atom stereocenters. The molecule has 2 saturated heterocycles. The molecule has 2 aliphatic rings. The molecule has 0 bridgehead atoms. The van der Waals surface area contributed by atoms with Gasteiger partial charge in [0.1, 0.15) is 5.69 Å². The zero-order valence-corrected chi connectivity index (χ0v) is 22.6. The van der Waals surface area contributed by atoms with Crippen LogP contribution in [-0.4, -0.2) is 100 Å². The molecule has 1 unspecified atom stereocenters. The van der Waals surface area contributed by atoms with Crippen LogP contribution in [0.3, 0.4) is 0 Å². The van der Waals surface area contributed by atoms with Gasteiger partial charge < -0.3 is 24.8 Å². The zero-order chi connectivity index (χ0) is 27.3. The first-order valence-electron chi connectivity index (χ1n) is 13.6. The largest absolute Gasteiger partial charge is 0.389 e. The third-order valence-corrected chi connectivity index (χ3v) is 7.28. The third-order valence-electron chi connectivity index (χ3n) is 7.28. The number of pyridine rings is 1. The Morgan fingerprint density at radius 2 is 1.90 bits per heavy atom. The molecule has 0 spiro atoms. The fraction of sp³-hybridized carbons (Fsp3) is 0.379. The van der Waals surface area contributed by atoms with E-state index in [9.17, 15) is 5.11 Å². The van der Waals surface area contributed by atoms with Crippen molar-refractivity contribution in [1.29, 1.82) is 0 Å². The summed E-state index contributed by atoms with van der Waals surface area (Å²) in [5, 5.41) is 18.2. The molecule has 0 aliphatic carbocycles. The van der Waals surface area contributed by atoms with E-state index >= 15 is 0 Å². The number of rotatable bonds is 10. The number of ether oxygens (including phenoxy) is 2. The lowest BCUT2D eigenvalue weighted by molar-refractivity contribution is -0.0285. The fourth-order valence-corrected chi connectivity index (χ4v) is 5.04. The van der Waals surface area contributed by atoms with Crippen molar-refractivity contribution in [3.8, 4) is 22.5 Å². The van der Waals surface area contributed by atoms with Crippen molar-refractivity contribution in [1.82, 2.24) is 29.6 Å². The van der Waals surface area contributed by atoms with Crippen LogP contribution in [0.1, 0.15) is 6.04 Å². The number of benzene rings is 1. The molecule has 1 aromatic carbocycles. The van der Waals surface area contributed by atoms with Gasteiger partial charge in [-0.1, -0.05) is 0 Å². The molecule has 2 fully saturated rings. The Kier molecular flexibility index (Phi) is 7.96. The van der Waals surface area contributed by atoms with Gasteiger partial charge in [0.2, 0.25) is 5.95 Å². The molecule has 5 heterocycles. The lowest BCUT2D eigenvalue weighted by Crippen LogP contribution is -2.49. The molecular weight excluding hydrogens is 508 g/mol. The molecule has 3 aromatic heterocycles. The van der Waals surface area contributed by atoms with E-state index in [0.717, 1.165) is 54.4 Å². The molecule has 40 heavy (non-hydrogen) atoms. The molecule has 0 saturated carbocycles. The second-order valence-electron chi connectivity index (χ2n) is 10.1. The smallest absolute Gasteiger partial charge is 0.227 e. The average Bonchev–Trinajstić information content (AvgIpc) is 3.38. The lowest BCUT2D eigenvalue weighted by atomic mass is 10.1. The van der Waals surface area contributed by atoms with Gasteiger partial charge >= 0.3 is 0 Å². The van der Waals surface area contributed by atoms with Gasteiger partial charge in [-0.3, -0.25) is 14.6 Å². The van der Waals surface area contributed by atoms with Crippen molar-refractivity contribution in [2.24, 2.45) is 0 Å². The minimum atomic E-state index is -0.446. The first-order chi connectivity index (χ1) is 19.7. The number of nitrogens with zero attached hydrogens (tertiary/aromatic N) is 7. The lowest BCUT2D eigenvalue weighted by Gasteiger charge is -2.36. The number of aliphatic hydroxyl groups excluding tert-OH is 1. The van der Waals surface area contributed by atoms with Crippen LogP contribution in [-0.2, 0) is 9.47 Å². The number of piperazine rings is 1. The summed E-state index contributed by atoms with van der Waals surface area (Å²) in [5.41, 5.74) is 5.57. The van der Waals surface area contributed by atoms with E-state index in [4.69, 9.17) is 19.6 Å². The fourth-order valence-electron chi connectivity index (χ4n) is 5.04. The molecule has 0 amide bonds. The van der Waals surface area contributed by atoms with Gasteiger partial charge in [0.15, 0.2) is 0 Å². The number of hydrogen-bond donors (Lipinski definition) is 2. The summed E-state index contributed by atoms with van der Waals surface area (Å²) in [4.78, 5) is 18.2. The number of methoxy groups -OCH3 is 1. The van der Waals surface area contributed by atoms with Crippen LogP contribution >= 0.6 is 0 Å². The molecule has 11 nitrogen and oxygen atoms in total. The van der Waals surface area contributed by atoms with Gasteiger partial charge in [0, 0.05) is 87.1 Å². The van der Waals surface area contributed by atoms with Gasteiger partial charge in [-0.15, -0.1) is 0 Å². The van der Waals surface area contributed by atoms with Crippen LogP contribution < -0.4 is 10.2 Å². The first kappa shape index (κ1) is 26.3. The summed E-state index contributed by atoms with van der Waals surface area (Å²) in [6.45, 7) is 5.98. The van der Waals surface area contributed by atoms with E-state index < -0.39 is 6.10 Å². The highest BCUT2D eigenvalue weighted by Crippen LogP contribution is 2.32. The standard InChI is InChI=1S/C29H34N8O3/c1-39-20-25(38)16-35-11-13-36(14-12-35)23-6-4-22(5-7-23)32-29-31-10-8-27(33-29)26-17-37(24-18-40-19-24)34-28(26)21-3-2-9-30-15-21/h2-10,15,17,24-25,38H,11-14,16,18-20H2,1H3,(H,31,32,33). The van der Waals surface area contributed by atoms with E-state index in [0.29, 0.717) is 32.3 Å². The first-order valence-corrected chi connectivity index (χ1v) is 13.6. The minimum Gasteiger partial charge on any atom is -0.389 e. The predicted octanol–water partition coefficient (Wildman–Crippen LogP) is 2.85. The Balaban J connectivity index is 1.14. The summed E-state index contributed by atoms with van der Waals surface area (Å²) in [6, 6.07) is 14.4. The number of aliphatic hydroxyl groups is 1. The van der Waals surface area contributed by atoms with Crippen molar-refractivity contribution >= 4 is 17.3 Å². The van der Waals surface area contributed by atoms with Gasteiger partial charge in [-0.2, -0.15) is 5.10 Å². The molecule has 0 radical (unpaired) electrons. The summed E-state index contributed by atoms with van der Waals surface area (Å²) in [7, 11) is 1.61. The van der Waals surface area contributed by atoms with Crippen LogP contribution in [0, 0.1) is 0 Å². The minimum absolute atomic E-state index is 0.229. The number of β-amino-alcohol motifs (C(OH)–C–C–N with tert-alkyl or cyclic N) is 1. The van der Waals surface area contributed by atoms with E-state index in [1.165, 1.54) is 5.69 Å². The number of nitrogens with one attached hydrogen (secondary N) is 1. The second-order valence-corrected chi connectivity index (χ2v) is 10.1. The quantitative estimate of drug-likeness (QED) is 0.310. The summed E-state index contributed by atoms with van der Waals surface area (Å²) < 4.78 is 12.4. The van der Waals surface area contributed by atoms with Crippen LogP contribution in [0.2, 0.25) is 0 Å². The Morgan fingerprint density at radius 1 is 1.07 bits per heavy atom. The Labute approximate surface area is 233 Å². The Hall–Kier alpha value is -3.90. The van der Waals surface area contributed by atoms with Crippen molar-refractivity contribution < 1.29 is 14.6 Å². The zero-order valence-electron chi connectivity index (χ0n) is 22.6. The van der Waals surface area contributed by atoms with Gasteiger partial charge in [-0.05, 0) is 42.5 Å². The van der Waals surface area contributed by atoms with Crippen molar-refractivity contribution in [2.45, 2.75) is 12.1 Å². The highest BCUT2D eigenvalue weighted by molar-refractivity contribution is 5.78. The van der Waals surface area contributed by atoms with Crippen LogP contribution in [0.4, 0.5) is 17.3 Å². The van der Waals surface area contributed by atoms with Crippen molar-refractivity contribution in [2.75, 3.05) is 69.9 Å². The van der Waals surface area contributed by atoms with Crippen molar-refractivity contribution in [3.63, 3.8) is 0 Å². The predicted molar refractivity (Wildman–Crippen MR) is 153 cm³/mol. The SMILES string of the molecule is COCC(O)CN1CCN(c2ccc(Nc3nccc(-c4cn(C5COC5)nc4-c4cccnc4)n3)cc2)CC1. The highest BCUT2D eigenvalue weighted by atomic mass is 16.5. The highest BCUT2D eigenvalue weighted by Gasteiger charge is 2.25. The Morgan fingerprint density at radius 3 is 2.60 bits per heavy atom. The second kappa shape index (κ2) is 12.1. The summed E-state index contributed by atoms with van der Waals surface area (Å²) in [6.07, 6.45) is 6.93. The van der Waals surface area contributed by atoms with Crippen LogP contribution in [0.15, 0.2) is 67.3 Å². The summed E-state index contributed by atoms with van der Waals surface area (Å²) >= 11 is 0. The van der Waals surface area contributed by atoms with Gasteiger partial charge in [-0.25, -0.2) is 9.97 Å².